The number of nitriles is 1. The van der Waals surface area contributed by atoms with Gasteiger partial charge >= 0.3 is 0 Å². The first-order chi connectivity index (χ1) is 10.9. The van der Waals surface area contributed by atoms with Gasteiger partial charge in [0, 0.05) is 0 Å². The van der Waals surface area contributed by atoms with Crippen molar-refractivity contribution in [3.63, 3.8) is 0 Å². The Kier molecular flexibility index (Phi) is 3.46. The van der Waals surface area contributed by atoms with Gasteiger partial charge in [-0.15, -0.1) is 0 Å². The van der Waals surface area contributed by atoms with E-state index in [4.69, 9.17) is 9.78 Å². The van der Waals surface area contributed by atoms with Gasteiger partial charge in [-0.3, -0.25) is 4.72 Å². The van der Waals surface area contributed by atoms with Crippen molar-refractivity contribution >= 4 is 26.8 Å². The molecule has 0 aliphatic carbocycles. The van der Waals surface area contributed by atoms with E-state index in [1.807, 2.05) is 0 Å². The molecule has 2 aromatic heterocycles. The van der Waals surface area contributed by atoms with Crippen LogP contribution < -0.4 is 4.72 Å². The Morgan fingerprint density at radius 3 is 2.91 bits per heavy atom. The van der Waals surface area contributed by atoms with Gasteiger partial charge in [-0.2, -0.15) is 5.26 Å². The van der Waals surface area contributed by atoms with Crippen molar-refractivity contribution in [1.82, 2.24) is 10.1 Å². The summed E-state index contributed by atoms with van der Waals surface area (Å²) in [6.07, 6.45) is 1.25. The molecule has 0 aliphatic rings. The van der Waals surface area contributed by atoms with Crippen molar-refractivity contribution in [2.24, 2.45) is 0 Å². The first kappa shape index (κ1) is 14.9. The molecular formula is C14H9FN4O3S. The monoisotopic (exact) mass is 332 g/mol. The SMILES string of the molecule is Cc1noc2ncc(NS(=O)(=O)c3cccc(F)c3C#N)cc12. The molecule has 0 radical (unpaired) electrons. The topological polar surface area (TPSA) is 109 Å². The minimum absolute atomic E-state index is 0.150. The summed E-state index contributed by atoms with van der Waals surface area (Å²) in [6.45, 7) is 1.69. The van der Waals surface area contributed by atoms with Crippen molar-refractivity contribution < 1.29 is 17.3 Å². The molecule has 0 saturated carbocycles. The number of halogens is 1. The van der Waals surface area contributed by atoms with Crippen molar-refractivity contribution in [2.75, 3.05) is 4.72 Å². The molecule has 9 heteroatoms. The number of fused-ring (bicyclic) bond motifs is 1. The molecule has 23 heavy (non-hydrogen) atoms. The molecule has 0 spiro atoms. The molecule has 0 fully saturated rings. The van der Waals surface area contributed by atoms with Gasteiger partial charge in [0.05, 0.1) is 23.0 Å². The Morgan fingerprint density at radius 2 is 2.17 bits per heavy atom. The molecule has 1 aromatic carbocycles. The maximum Gasteiger partial charge on any atom is 0.263 e. The number of sulfonamides is 1. The predicted octanol–water partition coefficient (Wildman–Crippen LogP) is 2.34. The molecule has 0 atom stereocenters. The fraction of sp³-hybridized carbons (Fsp3) is 0.0714. The number of nitrogens with one attached hydrogen (secondary N) is 1. The lowest BCUT2D eigenvalue weighted by Crippen LogP contribution is -2.15. The van der Waals surface area contributed by atoms with E-state index < -0.39 is 26.3 Å². The summed E-state index contributed by atoms with van der Waals surface area (Å²) in [7, 11) is -4.15. The number of aryl methyl sites for hydroxylation is 1. The predicted molar refractivity (Wildman–Crippen MR) is 78.5 cm³/mol. The number of aromatic nitrogens is 2. The highest BCUT2D eigenvalue weighted by molar-refractivity contribution is 7.92. The average molecular weight is 332 g/mol. The molecule has 116 valence electrons. The highest BCUT2D eigenvalue weighted by Crippen LogP contribution is 2.24. The van der Waals surface area contributed by atoms with Gasteiger partial charge in [0.1, 0.15) is 22.3 Å². The summed E-state index contributed by atoms with van der Waals surface area (Å²) in [5.74, 6) is -0.904. The summed E-state index contributed by atoms with van der Waals surface area (Å²) in [6, 6.07) is 6.44. The van der Waals surface area contributed by atoms with Gasteiger partial charge in [0.25, 0.3) is 15.7 Å². The summed E-state index contributed by atoms with van der Waals surface area (Å²) < 4.78 is 45.6. The number of benzene rings is 1. The van der Waals surface area contributed by atoms with Crippen molar-refractivity contribution in [3.05, 3.63) is 47.5 Å². The first-order valence-corrected chi connectivity index (χ1v) is 7.84. The Hall–Kier alpha value is -2.99. The van der Waals surface area contributed by atoms with E-state index >= 15 is 0 Å². The van der Waals surface area contributed by atoms with Crippen molar-refractivity contribution in [1.29, 1.82) is 5.26 Å². The molecule has 3 aromatic rings. The maximum atomic E-state index is 13.6. The zero-order valence-electron chi connectivity index (χ0n) is 11.7. The molecule has 1 N–H and O–H groups in total. The zero-order chi connectivity index (χ0) is 16.6. The lowest BCUT2D eigenvalue weighted by atomic mass is 10.2. The summed E-state index contributed by atoms with van der Waals surface area (Å²) in [5, 5.41) is 13.2. The fourth-order valence-electron chi connectivity index (χ4n) is 2.05. The van der Waals surface area contributed by atoms with Gasteiger partial charge < -0.3 is 4.52 Å². The smallest absolute Gasteiger partial charge is 0.263 e. The summed E-state index contributed by atoms with van der Waals surface area (Å²) in [5.41, 5.74) is 0.429. The first-order valence-electron chi connectivity index (χ1n) is 6.36. The number of rotatable bonds is 3. The number of nitrogens with zero attached hydrogens (tertiary/aromatic N) is 3. The number of hydrogen-bond acceptors (Lipinski definition) is 6. The van der Waals surface area contributed by atoms with E-state index in [0.717, 1.165) is 12.1 Å². The molecule has 0 unspecified atom stereocenters. The number of hydrogen-bond donors (Lipinski definition) is 1. The van der Waals surface area contributed by atoms with Crippen LogP contribution in [0.15, 0.2) is 39.9 Å². The number of pyridine rings is 1. The van der Waals surface area contributed by atoms with E-state index in [1.165, 1.54) is 18.3 Å². The molecule has 0 amide bonds. The normalized spacial score (nSPS) is 11.3. The molecule has 3 rings (SSSR count). The highest BCUT2D eigenvalue weighted by Gasteiger charge is 2.22. The van der Waals surface area contributed by atoms with Gasteiger partial charge in [0.2, 0.25) is 0 Å². The standard InChI is InChI=1S/C14H9FN4O3S/c1-8-10-5-9(7-17-14(10)22-18-8)19-23(20,21)13-4-2-3-12(15)11(13)6-16/h2-5,7,19H,1H3. The van der Waals surface area contributed by atoms with E-state index in [9.17, 15) is 12.8 Å². The Balaban J connectivity index is 2.05. The van der Waals surface area contributed by atoms with E-state index in [0.29, 0.717) is 11.1 Å². The van der Waals surface area contributed by atoms with Crippen LogP contribution in [-0.2, 0) is 10.0 Å². The van der Waals surface area contributed by atoms with Crippen LogP contribution in [0.1, 0.15) is 11.3 Å². The van der Waals surface area contributed by atoms with Gasteiger partial charge in [-0.25, -0.2) is 17.8 Å². The highest BCUT2D eigenvalue weighted by atomic mass is 32.2. The molecule has 0 saturated heterocycles. The molecule has 0 aliphatic heterocycles. The van der Waals surface area contributed by atoms with Crippen LogP contribution in [0.2, 0.25) is 0 Å². The minimum atomic E-state index is -4.15. The lowest BCUT2D eigenvalue weighted by molar-refractivity contribution is 0.443. The Morgan fingerprint density at radius 1 is 1.39 bits per heavy atom. The summed E-state index contributed by atoms with van der Waals surface area (Å²) in [4.78, 5) is 3.50. The maximum absolute atomic E-state index is 13.6. The van der Waals surface area contributed by atoms with Crippen LogP contribution in [0.3, 0.4) is 0 Å². The van der Waals surface area contributed by atoms with E-state index in [1.54, 1.807) is 13.0 Å². The average Bonchev–Trinajstić information content (AvgIpc) is 2.88. The molecule has 2 heterocycles. The van der Waals surface area contributed by atoms with E-state index in [-0.39, 0.29) is 11.4 Å². The second kappa shape index (κ2) is 5.33. The van der Waals surface area contributed by atoms with Crippen LogP contribution in [0.25, 0.3) is 11.1 Å². The van der Waals surface area contributed by atoms with Crippen LogP contribution in [0.5, 0.6) is 0 Å². The molecular weight excluding hydrogens is 323 g/mol. The zero-order valence-corrected chi connectivity index (χ0v) is 12.6. The van der Waals surface area contributed by atoms with Gasteiger partial charge in [-0.1, -0.05) is 11.2 Å². The van der Waals surface area contributed by atoms with Crippen LogP contribution in [0, 0.1) is 24.1 Å². The lowest BCUT2D eigenvalue weighted by Gasteiger charge is -2.09. The Labute approximate surface area is 130 Å². The van der Waals surface area contributed by atoms with Crippen molar-refractivity contribution in [3.8, 4) is 6.07 Å². The van der Waals surface area contributed by atoms with Crippen LogP contribution >= 0.6 is 0 Å². The van der Waals surface area contributed by atoms with E-state index in [2.05, 4.69) is 14.9 Å². The largest absolute Gasteiger partial charge is 0.336 e. The fourth-order valence-corrected chi connectivity index (χ4v) is 3.25. The molecule has 0 bridgehead atoms. The van der Waals surface area contributed by atoms with Crippen LogP contribution in [-0.4, -0.2) is 18.6 Å². The third-order valence-corrected chi connectivity index (χ3v) is 4.56. The van der Waals surface area contributed by atoms with Crippen molar-refractivity contribution in [2.45, 2.75) is 11.8 Å². The molecule has 7 nitrogen and oxygen atoms in total. The second-order valence-corrected chi connectivity index (χ2v) is 6.33. The Bertz CT molecular complexity index is 1050. The summed E-state index contributed by atoms with van der Waals surface area (Å²) >= 11 is 0. The second-order valence-electron chi connectivity index (χ2n) is 4.67. The van der Waals surface area contributed by atoms with Crippen LogP contribution in [0.4, 0.5) is 10.1 Å². The quantitative estimate of drug-likeness (QED) is 0.788. The van der Waals surface area contributed by atoms with Gasteiger partial charge in [-0.05, 0) is 25.1 Å². The third-order valence-electron chi connectivity index (χ3n) is 3.14. The number of anilines is 1. The third kappa shape index (κ3) is 2.60. The van der Waals surface area contributed by atoms with Gasteiger partial charge in [0.15, 0.2) is 0 Å². The minimum Gasteiger partial charge on any atom is -0.336 e.